The fraction of sp³-hybridized carbons (Fsp3) is 0.462. The first-order valence-electron chi connectivity index (χ1n) is 5.49. The molecule has 0 radical (unpaired) electrons. The molecule has 16 heavy (non-hydrogen) atoms. The molecule has 1 aromatic carbocycles. The van der Waals surface area contributed by atoms with Crippen LogP contribution < -0.4 is 0 Å². The molecule has 1 nitrogen and oxygen atoms in total. The molecule has 0 aliphatic carbocycles. The topological polar surface area (TPSA) is 17.1 Å². The molecule has 0 aromatic heterocycles. The van der Waals surface area contributed by atoms with E-state index in [1.54, 1.807) is 13.0 Å². The van der Waals surface area contributed by atoms with Gasteiger partial charge in [0.2, 0.25) is 0 Å². The van der Waals surface area contributed by atoms with E-state index in [2.05, 4.69) is 6.92 Å². The fourth-order valence-corrected chi connectivity index (χ4v) is 2.24. The van der Waals surface area contributed by atoms with Gasteiger partial charge in [0.1, 0.15) is 5.78 Å². The van der Waals surface area contributed by atoms with Crippen LogP contribution >= 0.6 is 23.2 Å². The van der Waals surface area contributed by atoms with E-state index >= 15 is 0 Å². The third-order valence-electron chi connectivity index (χ3n) is 2.74. The van der Waals surface area contributed by atoms with Crippen molar-refractivity contribution in [3.8, 4) is 0 Å². The lowest BCUT2D eigenvalue weighted by Gasteiger charge is -2.16. The standard InChI is InChI=1S/C13H16Cl2O/c1-3-10(5-4-9(2)16)12-8-11(14)6-7-13(12)15/h6-8,10H,3-5H2,1-2H3. The molecular formula is C13H16Cl2O. The average Bonchev–Trinajstić information content (AvgIpc) is 2.23. The Balaban J connectivity index is 2.85. The Morgan fingerprint density at radius 3 is 2.62 bits per heavy atom. The van der Waals surface area contributed by atoms with Gasteiger partial charge in [-0.2, -0.15) is 0 Å². The van der Waals surface area contributed by atoms with Crippen molar-refractivity contribution in [1.29, 1.82) is 0 Å². The molecule has 1 aromatic rings. The molecule has 0 saturated carbocycles. The quantitative estimate of drug-likeness (QED) is 0.738. The maximum Gasteiger partial charge on any atom is 0.129 e. The normalized spacial score (nSPS) is 12.5. The third kappa shape index (κ3) is 3.80. The van der Waals surface area contributed by atoms with Gasteiger partial charge in [0, 0.05) is 16.5 Å². The van der Waals surface area contributed by atoms with Crippen molar-refractivity contribution in [2.75, 3.05) is 0 Å². The zero-order valence-electron chi connectivity index (χ0n) is 9.59. The number of hydrogen-bond acceptors (Lipinski definition) is 1. The minimum absolute atomic E-state index is 0.219. The predicted molar refractivity (Wildman–Crippen MR) is 69.4 cm³/mol. The Morgan fingerprint density at radius 1 is 1.38 bits per heavy atom. The molecule has 3 heteroatoms. The van der Waals surface area contributed by atoms with Gasteiger partial charge in [-0.3, -0.25) is 0 Å². The predicted octanol–water partition coefficient (Wildman–Crippen LogP) is 4.86. The lowest BCUT2D eigenvalue weighted by Crippen LogP contribution is -2.01. The number of halogens is 2. The second-order valence-corrected chi connectivity index (χ2v) is 4.86. The highest BCUT2D eigenvalue weighted by atomic mass is 35.5. The van der Waals surface area contributed by atoms with Crippen LogP contribution in [0.25, 0.3) is 0 Å². The summed E-state index contributed by atoms with van der Waals surface area (Å²) < 4.78 is 0. The van der Waals surface area contributed by atoms with Crippen LogP contribution in [0, 0.1) is 0 Å². The molecule has 0 saturated heterocycles. The molecule has 0 aliphatic rings. The summed E-state index contributed by atoms with van der Waals surface area (Å²) >= 11 is 12.1. The number of rotatable bonds is 5. The van der Waals surface area contributed by atoms with Gasteiger partial charge in [0.15, 0.2) is 0 Å². The van der Waals surface area contributed by atoms with Gasteiger partial charge >= 0.3 is 0 Å². The summed E-state index contributed by atoms with van der Waals surface area (Å²) in [5.74, 6) is 0.534. The smallest absolute Gasteiger partial charge is 0.129 e. The summed E-state index contributed by atoms with van der Waals surface area (Å²) in [5.41, 5.74) is 1.05. The first-order valence-corrected chi connectivity index (χ1v) is 6.24. The van der Waals surface area contributed by atoms with Crippen LogP contribution in [0.2, 0.25) is 10.0 Å². The first kappa shape index (κ1) is 13.5. The fourth-order valence-electron chi connectivity index (χ4n) is 1.78. The summed E-state index contributed by atoms with van der Waals surface area (Å²) in [5, 5.41) is 1.43. The molecule has 1 unspecified atom stereocenters. The van der Waals surface area contributed by atoms with E-state index in [-0.39, 0.29) is 5.78 Å². The summed E-state index contributed by atoms with van der Waals surface area (Å²) in [6.07, 6.45) is 2.40. The van der Waals surface area contributed by atoms with Gasteiger partial charge in [0.05, 0.1) is 0 Å². The van der Waals surface area contributed by atoms with Gasteiger partial charge < -0.3 is 4.79 Å². The molecule has 0 N–H and O–H groups in total. The van der Waals surface area contributed by atoms with Crippen molar-refractivity contribution in [3.63, 3.8) is 0 Å². The molecular weight excluding hydrogens is 243 g/mol. The number of hydrogen-bond donors (Lipinski definition) is 0. The Kier molecular flexibility index (Phi) is 5.30. The van der Waals surface area contributed by atoms with Crippen molar-refractivity contribution < 1.29 is 4.79 Å². The van der Waals surface area contributed by atoms with Crippen LogP contribution in [0.5, 0.6) is 0 Å². The number of carbonyl (C=O) groups excluding carboxylic acids is 1. The maximum atomic E-state index is 11.0. The molecule has 1 rings (SSSR count). The minimum atomic E-state index is 0.219. The van der Waals surface area contributed by atoms with Crippen molar-refractivity contribution in [3.05, 3.63) is 33.8 Å². The second-order valence-electron chi connectivity index (χ2n) is 4.01. The molecule has 1 atom stereocenters. The van der Waals surface area contributed by atoms with Gasteiger partial charge in [-0.1, -0.05) is 30.1 Å². The molecule has 0 amide bonds. The van der Waals surface area contributed by atoms with E-state index in [9.17, 15) is 4.79 Å². The molecule has 0 fully saturated rings. The van der Waals surface area contributed by atoms with Crippen molar-refractivity contribution in [2.45, 2.75) is 39.0 Å². The number of benzene rings is 1. The van der Waals surface area contributed by atoms with Crippen molar-refractivity contribution in [1.82, 2.24) is 0 Å². The van der Waals surface area contributed by atoms with Crippen molar-refractivity contribution in [2.24, 2.45) is 0 Å². The highest BCUT2D eigenvalue weighted by molar-refractivity contribution is 6.33. The van der Waals surface area contributed by atoms with Crippen LogP contribution in [-0.2, 0) is 4.79 Å². The maximum absolute atomic E-state index is 11.0. The SMILES string of the molecule is CCC(CCC(C)=O)c1cc(Cl)ccc1Cl. The highest BCUT2D eigenvalue weighted by Crippen LogP contribution is 2.32. The number of Topliss-reactive ketones (excluding diaryl/α,β-unsaturated/α-hetero) is 1. The van der Waals surface area contributed by atoms with Crippen LogP contribution in [0.3, 0.4) is 0 Å². The van der Waals surface area contributed by atoms with Crippen LogP contribution in [-0.4, -0.2) is 5.78 Å². The van der Waals surface area contributed by atoms with Crippen molar-refractivity contribution >= 4 is 29.0 Å². The van der Waals surface area contributed by atoms with Crippen LogP contribution in [0.1, 0.15) is 44.6 Å². The third-order valence-corrected chi connectivity index (χ3v) is 3.31. The summed E-state index contributed by atoms with van der Waals surface area (Å²) in [7, 11) is 0. The van der Waals surface area contributed by atoms with E-state index in [4.69, 9.17) is 23.2 Å². The molecule has 88 valence electrons. The summed E-state index contributed by atoms with van der Waals surface area (Å²) in [6.45, 7) is 3.72. The monoisotopic (exact) mass is 258 g/mol. The second kappa shape index (κ2) is 6.27. The summed E-state index contributed by atoms with van der Waals surface area (Å²) in [4.78, 5) is 11.0. The molecule has 0 aliphatic heterocycles. The Bertz CT molecular complexity index is 374. The van der Waals surface area contributed by atoms with Gasteiger partial charge in [0.25, 0.3) is 0 Å². The largest absolute Gasteiger partial charge is 0.300 e. The highest BCUT2D eigenvalue weighted by Gasteiger charge is 2.14. The van der Waals surface area contributed by atoms with Gasteiger partial charge in [-0.15, -0.1) is 0 Å². The minimum Gasteiger partial charge on any atom is -0.300 e. The summed E-state index contributed by atoms with van der Waals surface area (Å²) in [6, 6.07) is 5.50. The van der Waals surface area contributed by atoms with E-state index in [0.29, 0.717) is 17.4 Å². The van der Waals surface area contributed by atoms with Gasteiger partial charge in [-0.05, 0) is 49.4 Å². The van der Waals surface area contributed by atoms with E-state index in [0.717, 1.165) is 23.4 Å². The Hall–Kier alpha value is -0.530. The number of carbonyl (C=O) groups is 1. The van der Waals surface area contributed by atoms with E-state index in [1.807, 2.05) is 12.1 Å². The molecule has 0 heterocycles. The zero-order chi connectivity index (χ0) is 12.1. The lowest BCUT2D eigenvalue weighted by molar-refractivity contribution is -0.117. The first-order chi connectivity index (χ1) is 7.54. The molecule has 0 spiro atoms. The van der Waals surface area contributed by atoms with E-state index in [1.165, 1.54) is 0 Å². The average molecular weight is 259 g/mol. The molecule has 0 bridgehead atoms. The zero-order valence-corrected chi connectivity index (χ0v) is 11.1. The number of ketones is 1. The Morgan fingerprint density at radius 2 is 2.06 bits per heavy atom. The van der Waals surface area contributed by atoms with Crippen LogP contribution in [0.15, 0.2) is 18.2 Å². The Labute approximate surface area is 107 Å². The van der Waals surface area contributed by atoms with Gasteiger partial charge in [-0.25, -0.2) is 0 Å². The van der Waals surface area contributed by atoms with Crippen LogP contribution in [0.4, 0.5) is 0 Å². The lowest BCUT2D eigenvalue weighted by atomic mass is 9.91. The van der Waals surface area contributed by atoms with E-state index < -0.39 is 0 Å².